The number of phenolic OH excluding ortho intramolecular Hbond substituents is 1. The van der Waals surface area contributed by atoms with Crippen LogP contribution in [0.3, 0.4) is 0 Å². The molecule has 0 aliphatic carbocycles. The third-order valence-electron chi connectivity index (χ3n) is 2.32. The fourth-order valence-electron chi connectivity index (χ4n) is 1.49. The van der Waals surface area contributed by atoms with E-state index in [0.29, 0.717) is 12.8 Å². The molecular formula is C11H12N2O2. The largest absolute Gasteiger partial charge is 0.508 e. The Bertz CT molecular complexity index is 396. The maximum Gasteiger partial charge on any atom is 0.240 e. The summed E-state index contributed by atoms with van der Waals surface area (Å²) in [5.41, 5.74) is 4.52. The molecule has 0 spiro atoms. The molecule has 1 heterocycles. The lowest BCUT2D eigenvalue weighted by Crippen LogP contribution is -2.26. The summed E-state index contributed by atoms with van der Waals surface area (Å²) < 4.78 is 0. The highest BCUT2D eigenvalue weighted by Crippen LogP contribution is 2.12. The van der Waals surface area contributed by atoms with Gasteiger partial charge in [-0.15, -0.1) is 0 Å². The Morgan fingerprint density at radius 3 is 2.60 bits per heavy atom. The molecule has 1 amide bonds. The minimum Gasteiger partial charge on any atom is -0.508 e. The number of carbonyl (C=O) groups excluding carboxylic acids is 1. The number of hydrogen-bond donors (Lipinski definition) is 2. The number of carbonyl (C=O) groups is 1. The molecule has 0 bridgehead atoms. The first-order valence-corrected chi connectivity index (χ1v) is 4.86. The molecule has 1 aromatic rings. The van der Waals surface area contributed by atoms with Gasteiger partial charge in [-0.05, 0) is 24.1 Å². The predicted octanol–water partition coefficient (Wildman–Crippen LogP) is 1.20. The molecule has 1 aliphatic heterocycles. The van der Waals surface area contributed by atoms with Gasteiger partial charge >= 0.3 is 0 Å². The Labute approximate surface area is 87.6 Å². The van der Waals surface area contributed by atoms with Crippen LogP contribution in [0.1, 0.15) is 18.4 Å². The molecule has 78 valence electrons. The normalized spacial score (nSPS) is 15.7. The van der Waals surface area contributed by atoms with Gasteiger partial charge in [0.15, 0.2) is 0 Å². The molecule has 0 atom stereocenters. The number of nitrogens with zero attached hydrogens (tertiary/aromatic N) is 1. The first-order chi connectivity index (χ1) is 7.24. The summed E-state index contributed by atoms with van der Waals surface area (Å²) in [4.78, 5) is 10.9. The quantitative estimate of drug-likeness (QED) is 0.760. The summed E-state index contributed by atoms with van der Waals surface area (Å²) in [6.07, 6.45) is 1.95. The molecule has 15 heavy (non-hydrogen) atoms. The standard InChI is InChI=1S/C11H12N2O2/c14-10-4-1-8(2-5-10)7-9-3-6-11(15)13-12-9/h1-2,4-5,14H,3,6-7H2,(H,13,15). The second-order valence-electron chi connectivity index (χ2n) is 3.56. The topological polar surface area (TPSA) is 61.7 Å². The smallest absolute Gasteiger partial charge is 0.240 e. The van der Waals surface area contributed by atoms with Crippen LogP contribution in [0.5, 0.6) is 5.75 Å². The van der Waals surface area contributed by atoms with E-state index in [1.54, 1.807) is 12.1 Å². The van der Waals surface area contributed by atoms with Crippen LogP contribution in [0.4, 0.5) is 0 Å². The highest BCUT2D eigenvalue weighted by molar-refractivity contribution is 5.93. The Morgan fingerprint density at radius 1 is 1.27 bits per heavy atom. The van der Waals surface area contributed by atoms with E-state index < -0.39 is 0 Å². The summed E-state index contributed by atoms with van der Waals surface area (Å²) in [7, 11) is 0. The van der Waals surface area contributed by atoms with Crippen LogP contribution in [0.25, 0.3) is 0 Å². The van der Waals surface area contributed by atoms with Crippen molar-refractivity contribution in [3.8, 4) is 5.75 Å². The van der Waals surface area contributed by atoms with Crippen LogP contribution in [-0.2, 0) is 11.2 Å². The highest BCUT2D eigenvalue weighted by Gasteiger charge is 2.11. The maximum atomic E-state index is 10.9. The zero-order valence-corrected chi connectivity index (χ0v) is 8.23. The van der Waals surface area contributed by atoms with Crippen molar-refractivity contribution in [2.75, 3.05) is 0 Å². The summed E-state index contributed by atoms with van der Waals surface area (Å²) in [5, 5.41) is 13.1. The number of amides is 1. The van der Waals surface area contributed by atoms with E-state index in [9.17, 15) is 4.79 Å². The van der Waals surface area contributed by atoms with Crippen molar-refractivity contribution in [3.63, 3.8) is 0 Å². The first-order valence-electron chi connectivity index (χ1n) is 4.86. The van der Waals surface area contributed by atoms with E-state index >= 15 is 0 Å². The molecule has 0 saturated heterocycles. The van der Waals surface area contributed by atoms with Gasteiger partial charge in [-0.1, -0.05) is 12.1 Å². The lowest BCUT2D eigenvalue weighted by atomic mass is 10.0. The van der Waals surface area contributed by atoms with Gasteiger partial charge in [0, 0.05) is 18.6 Å². The van der Waals surface area contributed by atoms with Gasteiger partial charge < -0.3 is 5.11 Å². The molecule has 2 rings (SSSR count). The third-order valence-corrected chi connectivity index (χ3v) is 2.32. The molecule has 1 aliphatic rings. The SMILES string of the molecule is O=C1CCC(Cc2ccc(O)cc2)=NN1. The number of benzene rings is 1. The van der Waals surface area contributed by atoms with E-state index in [4.69, 9.17) is 5.11 Å². The molecule has 4 heteroatoms. The minimum atomic E-state index is -0.0237. The van der Waals surface area contributed by atoms with Gasteiger partial charge in [0.1, 0.15) is 5.75 Å². The third kappa shape index (κ3) is 2.56. The van der Waals surface area contributed by atoms with Gasteiger partial charge in [0.2, 0.25) is 5.91 Å². The highest BCUT2D eigenvalue weighted by atomic mass is 16.3. The van der Waals surface area contributed by atoms with Crippen LogP contribution in [-0.4, -0.2) is 16.7 Å². The molecular weight excluding hydrogens is 192 g/mol. The molecule has 0 saturated carbocycles. The average molecular weight is 204 g/mol. The Kier molecular flexibility index (Phi) is 2.67. The number of rotatable bonds is 2. The zero-order chi connectivity index (χ0) is 10.7. The summed E-state index contributed by atoms with van der Waals surface area (Å²) in [5.74, 6) is 0.238. The van der Waals surface area contributed by atoms with Gasteiger partial charge in [-0.25, -0.2) is 5.43 Å². The first kappa shape index (κ1) is 9.71. The fraction of sp³-hybridized carbons (Fsp3) is 0.273. The zero-order valence-electron chi connectivity index (χ0n) is 8.23. The van der Waals surface area contributed by atoms with Crippen LogP contribution < -0.4 is 5.43 Å². The van der Waals surface area contributed by atoms with Crippen molar-refractivity contribution in [3.05, 3.63) is 29.8 Å². The second-order valence-corrected chi connectivity index (χ2v) is 3.56. The van der Waals surface area contributed by atoms with E-state index in [1.165, 1.54) is 0 Å². The van der Waals surface area contributed by atoms with Crippen molar-refractivity contribution < 1.29 is 9.90 Å². The van der Waals surface area contributed by atoms with Gasteiger partial charge in [0.05, 0.1) is 0 Å². The average Bonchev–Trinajstić information content (AvgIpc) is 2.25. The van der Waals surface area contributed by atoms with E-state index in [0.717, 1.165) is 17.7 Å². The number of hydrazone groups is 1. The van der Waals surface area contributed by atoms with Crippen LogP contribution in [0.2, 0.25) is 0 Å². The predicted molar refractivity (Wildman–Crippen MR) is 56.6 cm³/mol. The van der Waals surface area contributed by atoms with Crippen LogP contribution in [0.15, 0.2) is 29.4 Å². The van der Waals surface area contributed by atoms with E-state index in [1.807, 2.05) is 12.1 Å². The summed E-state index contributed by atoms with van der Waals surface area (Å²) in [6, 6.07) is 7.01. The van der Waals surface area contributed by atoms with Crippen molar-refractivity contribution in [1.82, 2.24) is 5.43 Å². The van der Waals surface area contributed by atoms with E-state index in [-0.39, 0.29) is 11.7 Å². The Morgan fingerprint density at radius 2 is 2.00 bits per heavy atom. The molecule has 4 nitrogen and oxygen atoms in total. The minimum absolute atomic E-state index is 0.0237. The number of phenols is 1. The van der Waals surface area contributed by atoms with Crippen LogP contribution in [0, 0.1) is 0 Å². The number of hydrogen-bond acceptors (Lipinski definition) is 3. The van der Waals surface area contributed by atoms with E-state index in [2.05, 4.69) is 10.5 Å². The lowest BCUT2D eigenvalue weighted by Gasteiger charge is -2.11. The van der Waals surface area contributed by atoms with Gasteiger partial charge in [0.25, 0.3) is 0 Å². The molecule has 0 radical (unpaired) electrons. The molecule has 0 unspecified atom stereocenters. The molecule has 0 aromatic heterocycles. The van der Waals surface area contributed by atoms with Crippen molar-refractivity contribution in [2.24, 2.45) is 5.10 Å². The molecule has 1 aromatic carbocycles. The summed E-state index contributed by atoms with van der Waals surface area (Å²) in [6.45, 7) is 0. The number of nitrogens with one attached hydrogen (secondary N) is 1. The van der Waals surface area contributed by atoms with Crippen molar-refractivity contribution >= 4 is 11.6 Å². The Balaban J connectivity index is 2.03. The fourth-order valence-corrected chi connectivity index (χ4v) is 1.49. The number of aromatic hydroxyl groups is 1. The summed E-state index contributed by atoms with van der Waals surface area (Å²) >= 11 is 0. The van der Waals surface area contributed by atoms with Crippen molar-refractivity contribution in [2.45, 2.75) is 19.3 Å². The van der Waals surface area contributed by atoms with Gasteiger partial charge in [-0.2, -0.15) is 5.10 Å². The maximum absolute atomic E-state index is 10.9. The molecule has 0 fully saturated rings. The van der Waals surface area contributed by atoms with Crippen molar-refractivity contribution in [1.29, 1.82) is 0 Å². The second kappa shape index (κ2) is 4.13. The monoisotopic (exact) mass is 204 g/mol. The lowest BCUT2D eigenvalue weighted by molar-refractivity contribution is -0.121. The van der Waals surface area contributed by atoms with Gasteiger partial charge in [-0.3, -0.25) is 4.79 Å². The Hall–Kier alpha value is -1.84. The van der Waals surface area contributed by atoms with Crippen LogP contribution >= 0.6 is 0 Å². The molecule has 2 N–H and O–H groups in total.